The normalized spacial score (nSPS) is 11.8. The van der Waals surface area contributed by atoms with Crippen LogP contribution in [0.15, 0.2) is 175 Å². The minimum absolute atomic E-state index is 0.0418. The Labute approximate surface area is 388 Å². The number of benzene rings is 7. The van der Waals surface area contributed by atoms with Gasteiger partial charge in [0.1, 0.15) is 23.2 Å². The number of carbonyl (C=O) groups is 2. The van der Waals surface area contributed by atoms with Gasteiger partial charge in [0, 0.05) is 37.0 Å². The quantitative estimate of drug-likeness (QED) is 0.137. The average molecular weight is 929 g/mol. The highest BCUT2D eigenvalue weighted by Gasteiger charge is 2.30. The molecule has 13 heteroatoms. The van der Waals surface area contributed by atoms with Gasteiger partial charge in [-0.3, -0.25) is 19.2 Å². The molecule has 0 fully saturated rings. The fraction of sp³-hybridized carbons (Fsp3) is 0.0370. The molecule has 0 aliphatic heterocycles. The lowest BCUT2D eigenvalue weighted by molar-refractivity contribution is 0.0466. The van der Waals surface area contributed by atoms with Crippen LogP contribution < -0.4 is 32.4 Å². The first-order chi connectivity index (χ1) is 32.7. The molecule has 3 aromatic heterocycles. The molecule has 0 saturated carbocycles. The molecule has 0 atom stereocenters. The zero-order valence-electron chi connectivity index (χ0n) is 34.7. The number of hydrogen-bond acceptors (Lipinski definition) is 13. The molecule has 0 spiro atoms. The zero-order chi connectivity index (χ0) is 45.5. The van der Waals surface area contributed by atoms with Gasteiger partial charge >= 0.3 is 11.9 Å². The van der Waals surface area contributed by atoms with Crippen LogP contribution in [0, 0.1) is 0 Å². The zero-order valence-corrected chi connectivity index (χ0v) is 37.1. The van der Waals surface area contributed by atoms with Gasteiger partial charge in [-0.05, 0) is 69.1 Å². The highest BCUT2D eigenvalue weighted by Crippen LogP contribution is 2.50. The number of hydrogen-bond donors (Lipinski definition) is 0. The van der Waals surface area contributed by atoms with E-state index >= 15 is 0 Å². The number of nitrogens with zero attached hydrogens (tertiary/aromatic N) is 2. The van der Waals surface area contributed by atoms with Crippen LogP contribution in [0.2, 0.25) is 0 Å². The maximum atomic E-state index is 14.7. The van der Waals surface area contributed by atoms with E-state index in [4.69, 9.17) is 9.47 Å². The van der Waals surface area contributed by atoms with E-state index in [2.05, 4.69) is 9.98 Å². The van der Waals surface area contributed by atoms with Gasteiger partial charge in [0.05, 0.1) is 25.2 Å². The van der Waals surface area contributed by atoms with Crippen molar-refractivity contribution >= 4 is 129 Å². The van der Waals surface area contributed by atoms with Crippen molar-refractivity contribution in [1.82, 2.24) is 0 Å². The van der Waals surface area contributed by atoms with E-state index in [1.807, 2.05) is 109 Å². The summed E-state index contributed by atoms with van der Waals surface area (Å²) in [5.41, 5.74) is -0.218. The Hall–Kier alpha value is -8.10. The van der Waals surface area contributed by atoms with Crippen molar-refractivity contribution in [3.63, 3.8) is 0 Å². The lowest BCUT2D eigenvalue weighted by Crippen LogP contribution is -2.31. The van der Waals surface area contributed by atoms with Crippen molar-refractivity contribution in [3.05, 3.63) is 219 Å². The van der Waals surface area contributed by atoms with Crippen LogP contribution in [0.3, 0.4) is 0 Å². The van der Waals surface area contributed by atoms with E-state index < -0.39 is 33.7 Å². The highest BCUT2D eigenvalue weighted by atomic mass is 32.1. The Balaban J connectivity index is 1.09. The minimum atomic E-state index is -0.694. The van der Waals surface area contributed by atoms with Gasteiger partial charge in [0.2, 0.25) is 21.7 Å². The summed E-state index contributed by atoms with van der Waals surface area (Å²) in [6.07, 6.45) is 0. The molecule has 0 amide bonds. The van der Waals surface area contributed by atoms with E-state index in [9.17, 15) is 28.8 Å². The second-order valence-corrected chi connectivity index (χ2v) is 19.1. The van der Waals surface area contributed by atoms with Crippen LogP contribution in [-0.2, 0) is 22.7 Å². The molecule has 12 rings (SSSR count). The van der Waals surface area contributed by atoms with Crippen molar-refractivity contribution in [2.24, 2.45) is 9.98 Å². The van der Waals surface area contributed by atoms with E-state index in [1.165, 1.54) is 11.3 Å². The van der Waals surface area contributed by atoms with Crippen molar-refractivity contribution in [2.45, 2.75) is 13.2 Å². The topological polar surface area (TPSA) is 146 Å². The van der Waals surface area contributed by atoms with Crippen molar-refractivity contribution in [2.75, 3.05) is 0 Å². The van der Waals surface area contributed by atoms with E-state index in [0.717, 1.165) is 55.3 Å². The van der Waals surface area contributed by atoms with Crippen LogP contribution in [0.5, 0.6) is 0 Å². The van der Waals surface area contributed by atoms with Crippen LogP contribution in [0.1, 0.15) is 31.8 Å². The van der Waals surface area contributed by atoms with Crippen molar-refractivity contribution in [1.29, 1.82) is 0 Å². The molecule has 320 valence electrons. The predicted octanol–water partition coefficient (Wildman–Crippen LogP) is 10.3. The molecule has 10 nitrogen and oxygen atoms in total. The Morgan fingerprint density at radius 2 is 0.821 bits per heavy atom. The van der Waals surface area contributed by atoms with Gasteiger partial charge in [0.25, 0.3) is 0 Å². The molecule has 0 aliphatic carbocycles. The second-order valence-electron chi connectivity index (χ2n) is 16.0. The SMILES string of the molecule is O=C(OCc1ccccc1)c1c2cc(N=c3c(=O)c4cc5ccccc5cc4c3=O)sc2c(C(=O)OCc2ccccc2)c2c1sc1cc(N=c3c(=O)c4cc5ccccc5cc4c3=O)sc12. The van der Waals surface area contributed by atoms with Crippen LogP contribution >= 0.6 is 34.0 Å². The first-order valence-electron chi connectivity index (χ1n) is 21.0. The molecule has 0 saturated heterocycles. The number of esters is 2. The lowest BCUT2D eigenvalue weighted by atomic mass is 10.0. The monoisotopic (exact) mass is 928 g/mol. The van der Waals surface area contributed by atoms with Gasteiger partial charge in [0.15, 0.2) is 10.7 Å². The van der Waals surface area contributed by atoms with Crippen LogP contribution in [-0.4, -0.2) is 11.9 Å². The second kappa shape index (κ2) is 15.8. The van der Waals surface area contributed by atoms with Crippen LogP contribution in [0.25, 0.3) is 72.7 Å². The summed E-state index contributed by atoms with van der Waals surface area (Å²) in [5.74, 6) is -1.37. The minimum Gasteiger partial charge on any atom is -0.457 e. The molecule has 67 heavy (non-hydrogen) atoms. The van der Waals surface area contributed by atoms with E-state index in [0.29, 0.717) is 34.6 Å². The summed E-state index contributed by atoms with van der Waals surface area (Å²) >= 11 is 3.43. The predicted molar refractivity (Wildman–Crippen MR) is 267 cm³/mol. The maximum absolute atomic E-state index is 14.7. The molecule has 9 aromatic carbocycles. The molecular formula is C54H28N2O8S3. The number of thiophene rings is 3. The smallest absolute Gasteiger partial charge is 0.340 e. The standard InChI is InChI=1S/C54H28N2O8S3/c57-46-33-19-29-15-7-8-16-30(29)20-34(33)47(58)44(46)55-39-23-37-41(53(61)63-25-27-11-3-1-4-12-27)52-42(43(50(37)66-39)54(62)64-26-28-13-5-2-6-14-28)51-38(65-52)24-40(67-51)56-45-48(59)35-21-31-17-9-10-18-32(31)22-36(35)49(45)60/h1-24H,25-26H2. The molecule has 0 radical (unpaired) electrons. The first-order valence-corrected chi connectivity index (χ1v) is 23.4. The molecule has 0 unspecified atom stereocenters. The maximum Gasteiger partial charge on any atom is 0.340 e. The molecule has 3 heterocycles. The van der Waals surface area contributed by atoms with E-state index in [-0.39, 0.29) is 61.6 Å². The lowest BCUT2D eigenvalue weighted by Gasteiger charge is -2.12. The van der Waals surface area contributed by atoms with Crippen LogP contribution in [0.4, 0.5) is 10.0 Å². The van der Waals surface area contributed by atoms with Gasteiger partial charge in [-0.15, -0.1) is 34.0 Å². The summed E-state index contributed by atoms with van der Waals surface area (Å²) in [7, 11) is 0. The number of carbonyl (C=O) groups excluding carboxylic acids is 2. The molecule has 0 N–H and O–H groups in total. The fourth-order valence-electron chi connectivity index (χ4n) is 8.73. The highest BCUT2D eigenvalue weighted by molar-refractivity contribution is 7.34. The van der Waals surface area contributed by atoms with Crippen molar-refractivity contribution in [3.8, 4) is 0 Å². The first kappa shape index (κ1) is 40.4. The van der Waals surface area contributed by atoms with Gasteiger partial charge < -0.3 is 9.47 Å². The average Bonchev–Trinajstić information content (AvgIpc) is 4.14. The van der Waals surface area contributed by atoms with Crippen molar-refractivity contribution < 1.29 is 19.1 Å². The molecule has 0 aliphatic rings. The third-order valence-electron chi connectivity index (χ3n) is 11.9. The summed E-state index contributed by atoms with van der Waals surface area (Å²) in [6, 6.07) is 43.5. The fourth-order valence-corrected chi connectivity index (χ4v) is 12.4. The van der Waals surface area contributed by atoms with Gasteiger partial charge in [-0.25, -0.2) is 19.6 Å². The Bertz CT molecular complexity index is 4280. The summed E-state index contributed by atoms with van der Waals surface area (Å²) in [6.45, 7) is -0.101. The molecule has 0 bridgehead atoms. The van der Waals surface area contributed by atoms with E-state index in [1.54, 1.807) is 36.4 Å². The molecular weight excluding hydrogens is 901 g/mol. The van der Waals surface area contributed by atoms with Gasteiger partial charge in [-0.2, -0.15) is 0 Å². The Morgan fingerprint density at radius 3 is 1.28 bits per heavy atom. The molecule has 12 aromatic rings. The Morgan fingerprint density at radius 1 is 0.418 bits per heavy atom. The number of fused-ring (bicyclic) bond motifs is 8. The summed E-state index contributed by atoms with van der Waals surface area (Å²) in [5, 5.41) is 5.08. The summed E-state index contributed by atoms with van der Waals surface area (Å²) in [4.78, 5) is 93.9. The third-order valence-corrected chi connectivity index (χ3v) is 15.3. The van der Waals surface area contributed by atoms with Gasteiger partial charge in [-0.1, -0.05) is 109 Å². The number of ether oxygens (including phenoxy) is 2. The number of rotatable bonds is 8. The largest absolute Gasteiger partial charge is 0.457 e. The Kier molecular flexibility index (Phi) is 9.53. The third kappa shape index (κ3) is 6.74. The summed E-state index contributed by atoms with van der Waals surface area (Å²) < 4.78 is 14.0.